The van der Waals surface area contributed by atoms with Gasteiger partial charge in [-0.05, 0) is 39.0 Å². The number of hydrogen-bond acceptors (Lipinski definition) is 3. The van der Waals surface area contributed by atoms with Crippen molar-refractivity contribution in [2.45, 2.75) is 57.3 Å². The van der Waals surface area contributed by atoms with Crippen LogP contribution >= 0.6 is 11.6 Å². The van der Waals surface area contributed by atoms with Crippen molar-refractivity contribution in [2.24, 2.45) is 12.5 Å². The molecule has 4 nitrogen and oxygen atoms in total. The van der Waals surface area contributed by atoms with E-state index >= 15 is 0 Å². The van der Waals surface area contributed by atoms with Crippen LogP contribution in [0.25, 0.3) is 0 Å². The maximum Gasteiger partial charge on any atom is 0.174 e. The van der Waals surface area contributed by atoms with E-state index in [-0.39, 0.29) is 11.5 Å². The second-order valence-corrected chi connectivity index (χ2v) is 6.98. The SMILES string of the molecule is C=CCC[C@@]12CCC[C@]1(OC(C)c1cc(Cl)n(C)n1)OCC2. The molecule has 0 radical (unpaired) electrons. The Morgan fingerprint density at radius 3 is 3.05 bits per heavy atom. The summed E-state index contributed by atoms with van der Waals surface area (Å²) in [4.78, 5) is 0. The van der Waals surface area contributed by atoms with Gasteiger partial charge in [-0.25, -0.2) is 0 Å². The molecule has 2 aliphatic rings. The maximum atomic E-state index is 6.49. The van der Waals surface area contributed by atoms with Crippen LogP contribution in [0.2, 0.25) is 5.15 Å². The summed E-state index contributed by atoms with van der Waals surface area (Å²) in [6.45, 7) is 6.69. The Morgan fingerprint density at radius 1 is 1.55 bits per heavy atom. The molecule has 5 heteroatoms. The van der Waals surface area contributed by atoms with E-state index in [1.165, 1.54) is 6.42 Å². The van der Waals surface area contributed by atoms with Gasteiger partial charge in [0.15, 0.2) is 5.79 Å². The predicted octanol–water partition coefficient (Wildman–Crippen LogP) is 4.40. The van der Waals surface area contributed by atoms with Gasteiger partial charge in [-0.1, -0.05) is 17.7 Å². The third-order valence-corrected chi connectivity index (χ3v) is 5.69. The van der Waals surface area contributed by atoms with Gasteiger partial charge in [-0.2, -0.15) is 5.10 Å². The molecule has 1 aromatic rings. The standard InChI is InChI=1S/C17H25ClN2O2/c1-4-5-7-16-8-6-9-17(16,21-11-10-16)22-13(2)14-12-15(18)20(3)19-14/h4,12-13H,1,5-11H2,2-3H3/t13?,16-,17+/m0/s1. The molecule has 0 bridgehead atoms. The topological polar surface area (TPSA) is 36.3 Å². The molecule has 2 fully saturated rings. The molecule has 3 rings (SSSR count). The Morgan fingerprint density at radius 2 is 2.36 bits per heavy atom. The number of allylic oxidation sites excluding steroid dienone is 1. The highest BCUT2D eigenvalue weighted by Gasteiger charge is 2.60. The van der Waals surface area contributed by atoms with E-state index < -0.39 is 5.79 Å². The van der Waals surface area contributed by atoms with Crippen LogP contribution in [-0.4, -0.2) is 22.2 Å². The van der Waals surface area contributed by atoms with Gasteiger partial charge in [0, 0.05) is 24.9 Å². The lowest BCUT2D eigenvalue weighted by Gasteiger charge is -2.40. The van der Waals surface area contributed by atoms with E-state index in [1.807, 2.05) is 26.1 Å². The fraction of sp³-hybridized carbons (Fsp3) is 0.706. The van der Waals surface area contributed by atoms with Crippen LogP contribution in [0.5, 0.6) is 0 Å². The van der Waals surface area contributed by atoms with Crippen LogP contribution in [0.15, 0.2) is 18.7 Å². The summed E-state index contributed by atoms with van der Waals surface area (Å²) in [5, 5.41) is 5.06. The fourth-order valence-corrected chi connectivity index (χ4v) is 4.26. The number of nitrogens with zero attached hydrogens (tertiary/aromatic N) is 2. The Bertz CT molecular complexity index is 525. The zero-order valence-corrected chi connectivity index (χ0v) is 14.2. The summed E-state index contributed by atoms with van der Waals surface area (Å²) in [6.07, 6.45) is 8.36. The van der Waals surface area contributed by atoms with Crippen molar-refractivity contribution in [1.82, 2.24) is 9.78 Å². The van der Waals surface area contributed by atoms with Crippen molar-refractivity contribution >= 4 is 11.6 Å². The Balaban J connectivity index is 1.80. The molecular formula is C17H25ClN2O2. The first-order chi connectivity index (χ1) is 10.5. The Hall–Kier alpha value is -0.840. The maximum absolute atomic E-state index is 6.49. The highest BCUT2D eigenvalue weighted by Crippen LogP contribution is 2.59. The van der Waals surface area contributed by atoms with Gasteiger partial charge in [0.05, 0.1) is 12.3 Å². The lowest BCUT2D eigenvalue weighted by molar-refractivity contribution is -0.270. The molecule has 0 spiro atoms. The molecule has 0 aromatic carbocycles. The molecule has 1 unspecified atom stereocenters. The molecule has 2 heterocycles. The zero-order chi connectivity index (χ0) is 15.8. The first-order valence-electron chi connectivity index (χ1n) is 8.14. The van der Waals surface area contributed by atoms with Gasteiger partial charge < -0.3 is 9.47 Å². The van der Waals surface area contributed by atoms with Gasteiger partial charge in [0.1, 0.15) is 11.3 Å². The predicted molar refractivity (Wildman–Crippen MR) is 86.7 cm³/mol. The molecule has 1 saturated carbocycles. The van der Waals surface area contributed by atoms with Crippen LogP contribution in [0, 0.1) is 5.41 Å². The number of aryl methyl sites for hydroxylation is 1. The summed E-state index contributed by atoms with van der Waals surface area (Å²) in [5.74, 6) is -0.459. The summed E-state index contributed by atoms with van der Waals surface area (Å²) >= 11 is 6.10. The van der Waals surface area contributed by atoms with Crippen LogP contribution in [0.1, 0.15) is 57.2 Å². The molecule has 22 heavy (non-hydrogen) atoms. The molecule has 122 valence electrons. The third kappa shape index (κ3) is 2.51. The normalized spacial score (nSPS) is 32.1. The summed E-state index contributed by atoms with van der Waals surface area (Å²) in [6, 6.07) is 1.87. The second-order valence-electron chi connectivity index (χ2n) is 6.59. The molecule has 3 atom stereocenters. The monoisotopic (exact) mass is 324 g/mol. The minimum absolute atomic E-state index is 0.127. The van der Waals surface area contributed by atoms with Crippen molar-refractivity contribution in [3.05, 3.63) is 29.6 Å². The van der Waals surface area contributed by atoms with Gasteiger partial charge in [-0.3, -0.25) is 4.68 Å². The van der Waals surface area contributed by atoms with Crippen molar-refractivity contribution < 1.29 is 9.47 Å². The quantitative estimate of drug-likeness (QED) is 0.727. The first-order valence-corrected chi connectivity index (χ1v) is 8.52. The fourth-order valence-electron chi connectivity index (χ4n) is 4.11. The number of halogens is 1. The summed E-state index contributed by atoms with van der Waals surface area (Å²) in [7, 11) is 1.84. The van der Waals surface area contributed by atoms with E-state index in [0.29, 0.717) is 5.15 Å². The highest BCUT2D eigenvalue weighted by molar-refractivity contribution is 6.29. The largest absolute Gasteiger partial charge is 0.349 e. The summed E-state index contributed by atoms with van der Waals surface area (Å²) < 4.78 is 14.3. The first kappa shape index (κ1) is 16.0. The molecule has 1 saturated heterocycles. The smallest absolute Gasteiger partial charge is 0.174 e. The van der Waals surface area contributed by atoms with Crippen LogP contribution in [0.3, 0.4) is 0 Å². The molecule has 1 aliphatic carbocycles. The van der Waals surface area contributed by atoms with Crippen LogP contribution in [-0.2, 0) is 16.5 Å². The lowest BCUT2D eigenvalue weighted by atomic mass is 9.76. The third-order valence-electron chi connectivity index (χ3n) is 5.34. The van der Waals surface area contributed by atoms with Gasteiger partial charge in [0.2, 0.25) is 0 Å². The second kappa shape index (κ2) is 5.99. The molecular weight excluding hydrogens is 300 g/mol. The zero-order valence-electron chi connectivity index (χ0n) is 13.5. The van der Waals surface area contributed by atoms with E-state index in [4.69, 9.17) is 21.1 Å². The number of aromatic nitrogens is 2. The number of hydrogen-bond donors (Lipinski definition) is 0. The molecule has 1 aliphatic heterocycles. The average Bonchev–Trinajstić information content (AvgIpc) is 3.09. The Labute approximate surface area is 137 Å². The van der Waals surface area contributed by atoms with E-state index in [2.05, 4.69) is 11.7 Å². The minimum atomic E-state index is -0.459. The van der Waals surface area contributed by atoms with Crippen LogP contribution < -0.4 is 0 Å². The Kier molecular flexibility index (Phi) is 4.36. The number of ether oxygens (including phenoxy) is 2. The molecule has 1 aromatic heterocycles. The minimum Gasteiger partial charge on any atom is -0.349 e. The van der Waals surface area contributed by atoms with E-state index in [0.717, 1.165) is 44.4 Å². The van der Waals surface area contributed by atoms with Crippen LogP contribution in [0.4, 0.5) is 0 Å². The number of rotatable bonds is 6. The van der Waals surface area contributed by atoms with Gasteiger partial charge >= 0.3 is 0 Å². The summed E-state index contributed by atoms with van der Waals surface area (Å²) in [5.41, 5.74) is 0.996. The van der Waals surface area contributed by atoms with E-state index in [9.17, 15) is 0 Å². The van der Waals surface area contributed by atoms with Gasteiger partial charge in [-0.15, -0.1) is 6.58 Å². The van der Waals surface area contributed by atoms with E-state index in [1.54, 1.807) is 4.68 Å². The number of fused-ring (bicyclic) bond motifs is 1. The van der Waals surface area contributed by atoms with Crippen molar-refractivity contribution in [3.8, 4) is 0 Å². The molecule has 0 amide bonds. The lowest BCUT2D eigenvalue weighted by Crippen LogP contribution is -2.43. The highest BCUT2D eigenvalue weighted by atomic mass is 35.5. The van der Waals surface area contributed by atoms with Crippen molar-refractivity contribution in [2.75, 3.05) is 6.61 Å². The van der Waals surface area contributed by atoms with Crippen molar-refractivity contribution in [3.63, 3.8) is 0 Å². The molecule has 0 N–H and O–H groups in total. The van der Waals surface area contributed by atoms with Gasteiger partial charge in [0.25, 0.3) is 0 Å². The van der Waals surface area contributed by atoms with Crippen molar-refractivity contribution in [1.29, 1.82) is 0 Å². The average molecular weight is 325 g/mol.